The Bertz CT molecular complexity index is 379. The number of carbonyl (C=O) groups is 1. The summed E-state index contributed by atoms with van der Waals surface area (Å²) in [5.41, 5.74) is 0. The van der Waals surface area contributed by atoms with Crippen molar-refractivity contribution in [3.8, 4) is 0 Å². The lowest BCUT2D eigenvalue weighted by molar-refractivity contribution is 0.0505. The van der Waals surface area contributed by atoms with Gasteiger partial charge in [-0.2, -0.15) is 11.8 Å². The third-order valence-corrected chi connectivity index (χ3v) is 3.60. The molecule has 1 aromatic rings. The minimum absolute atomic E-state index is 0.303. The smallest absolute Gasteiger partial charge is 0.376 e. The van der Waals surface area contributed by atoms with Gasteiger partial charge in [0.1, 0.15) is 5.82 Å². The van der Waals surface area contributed by atoms with Crippen LogP contribution in [0.5, 0.6) is 0 Å². The van der Waals surface area contributed by atoms with E-state index in [1.807, 2.05) is 11.5 Å². The SMILES string of the molecule is CCOC(=O)c1nnc(C)n1CCC(C)SC. The third kappa shape index (κ3) is 3.73. The Kier molecular flexibility index (Phi) is 5.47. The molecule has 0 amide bonds. The number of ether oxygens (including phenoxy) is 1. The van der Waals surface area contributed by atoms with Gasteiger partial charge in [-0.1, -0.05) is 6.92 Å². The van der Waals surface area contributed by atoms with E-state index in [0.29, 0.717) is 17.7 Å². The molecule has 0 aliphatic rings. The van der Waals surface area contributed by atoms with Gasteiger partial charge in [0.05, 0.1) is 6.61 Å². The van der Waals surface area contributed by atoms with E-state index in [4.69, 9.17) is 4.74 Å². The van der Waals surface area contributed by atoms with E-state index in [9.17, 15) is 4.79 Å². The number of esters is 1. The first-order chi connectivity index (χ1) is 8.10. The van der Waals surface area contributed by atoms with Crippen molar-refractivity contribution in [3.63, 3.8) is 0 Å². The lowest BCUT2D eigenvalue weighted by Gasteiger charge is -2.11. The number of carbonyl (C=O) groups excluding carboxylic acids is 1. The van der Waals surface area contributed by atoms with E-state index < -0.39 is 5.97 Å². The Hall–Kier alpha value is -1.04. The zero-order valence-corrected chi connectivity index (χ0v) is 11.6. The van der Waals surface area contributed by atoms with Crippen LogP contribution in [0.15, 0.2) is 0 Å². The third-order valence-electron chi connectivity index (χ3n) is 2.56. The molecule has 0 spiro atoms. The summed E-state index contributed by atoms with van der Waals surface area (Å²) in [6, 6.07) is 0. The highest BCUT2D eigenvalue weighted by atomic mass is 32.2. The first-order valence-electron chi connectivity index (χ1n) is 5.69. The molecule has 0 aliphatic carbocycles. The van der Waals surface area contributed by atoms with Crippen molar-refractivity contribution in [2.45, 2.75) is 39.0 Å². The average Bonchev–Trinajstić information content (AvgIpc) is 2.68. The van der Waals surface area contributed by atoms with Gasteiger partial charge in [-0.05, 0) is 26.5 Å². The standard InChI is InChI=1S/C11H19N3O2S/c1-5-16-11(15)10-13-12-9(3)14(10)7-6-8(2)17-4/h8H,5-7H2,1-4H3. The van der Waals surface area contributed by atoms with Crippen molar-refractivity contribution in [2.75, 3.05) is 12.9 Å². The second-order valence-electron chi connectivity index (χ2n) is 3.78. The fourth-order valence-corrected chi connectivity index (χ4v) is 1.77. The second-order valence-corrected chi connectivity index (χ2v) is 5.05. The summed E-state index contributed by atoms with van der Waals surface area (Å²) < 4.78 is 6.77. The number of hydrogen-bond donors (Lipinski definition) is 0. The second kappa shape index (κ2) is 6.64. The van der Waals surface area contributed by atoms with E-state index in [1.165, 1.54) is 0 Å². The molecule has 0 fully saturated rings. The molecule has 96 valence electrons. The van der Waals surface area contributed by atoms with Gasteiger partial charge in [-0.15, -0.1) is 10.2 Å². The molecule has 1 atom stereocenters. The molecule has 0 saturated heterocycles. The molecule has 1 aromatic heterocycles. The summed E-state index contributed by atoms with van der Waals surface area (Å²) in [5.74, 6) is 0.656. The number of hydrogen-bond acceptors (Lipinski definition) is 5. The van der Waals surface area contributed by atoms with E-state index in [2.05, 4.69) is 23.4 Å². The van der Waals surface area contributed by atoms with Gasteiger partial charge in [0.2, 0.25) is 5.82 Å². The monoisotopic (exact) mass is 257 g/mol. The van der Waals surface area contributed by atoms with Gasteiger partial charge in [-0.3, -0.25) is 0 Å². The first kappa shape index (κ1) is 14.0. The minimum atomic E-state index is -0.398. The van der Waals surface area contributed by atoms with Gasteiger partial charge in [0.15, 0.2) is 0 Å². The molecule has 0 saturated carbocycles. The summed E-state index contributed by atoms with van der Waals surface area (Å²) in [4.78, 5) is 11.6. The molecule has 0 radical (unpaired) electrons. The van der Waals surface area contributed by atoms with Crippen molar-refractivity contribution >= 4 is 17.7 Å². The maximum Gasteiger partial charge on any atom is 0.376 e. The number of thioether (sulfide) groups is 1. The van der Waals surface area contributed by atoms with Crippen LogP contribution in [0.25, 0.3) is 0 Å². The van der Waals surface area contributed by atoms with Crippen LogP contribution < -0.4 is 0 Å². The highest BCUT2D eigenvalue weighted by Crippen LogP contribution is 2.13. The summed E-state index contributed by atoms with van der Waals surface area (Å²) in [7, 11) is 0. The van der Waals surface area contributed by atoms with Gasteiger partial charge >= 0.3 is 5.97 Å². The van der Waals surface area contributed by atoms with Gasteiger partial charge < -0.3 is 9.30 Å². The van der Waals surface area contributed by atoms with Crippen molar-refractivity contribution in [3.05, 3.63) is 11.6 Å². The van der Waals surface area contributed by atoms with Crippen molar-refractivity contribution in [1.29, 1.82) is 0 Å². The van der Waals surface area contributed by atoms with E-state index in [1.54, 1.807) is 18.7 Å². The van der Waals surface area contributed by atoms with Gasteiger partial charge in [0, 0.05) is 11.8 Å². The fourth-order valence-electron chi connectivity index (χ4n) is 1.42. The summed E-state index contributed by atoms with van der Waals surface area (Å²) in [5, 5.41) is 8.35. The Balaban J connectivity index is 2.76. The van der Waals surface area contributed by atoms with Crippen LogP contribution in [0.1, 0.15) is 36.7 Å². The zero-order valence-electron chi connectivity index (χ0n) is 10.8. The molecule has 0 bridgehead atoms. The fraction of sp³-hybridized carbons (Fsp3) is 0.727. The predicted molar refractivity (Wildman–Crippen MR) is 68.3 cm³/mol. The van der Waals surface area contributed by atoms with Crippen molar-refractivity contribution in [2.24, 2.45) is 0 Å². The van der Waals surface area contributed by atoms with E-state index >= 15 is 0 Å². The van der Waals surface area contributed by atoms with Crippen LogP contribution in [0, 0.1) is 6.92 Å². The molecule has 1 heterocycles. The molecule has 0 aromatic carbocycles. The summed E-state index contributed by atoms with van der Waals surface area (Å²) >= 11 is 1.81. The highest BCUT2D eigenvalue weighted by molar-refractivity contribution is 7.99. The minimum Gasteiger partial charge on any atom is -0.460 e. The number of rotatable bonds is 6. The predicted octanol–water partition coefficient (Wildman–Crippen LogP) is 1.90. The maximum absolute atomic E-state index is 11.6. The molecule has 1 rings (SSSR count). The highest BCUT2D eigenvalue weighted by Gasteiger charge is 2.18. The van der Waals surface area contributed by atoms with Crippen LogP contribution in [0.4, 0.5) is 0 Å². The van der Waals surface area contributed by atoms with E-state index in [0.717, 1.165) is 18.8 Å². The Morgan fingerprint density at radius 2 is 2.24 bits per heavy atom. The van der Waals surface area contributed by atoms with Gasteiger partial charge in [-0.25, -0.2) is 4.79 Å². The lowest BCUT2D eigenvalue weighted by Crippen LogP contribution is -2.16. The molecule has 17 heavy (non-hydrogen) atoms. The Morgan fingerprint density at radius 3 is 2.82 bits per heavy atom. The molecular weight excluding hydrogens is 238 g/mol. The zero-order chi connectivity index (χ0) is 12.8. The lowest BCUT2D eigenvalue weighted by atomic mass is 10.3. The topological polar surface area (TPSA) is 57.0 Å². The summed E-state index contributed by atoms with van der Waals surface area (Å²) in [6.07, 6.45) is 3.06. The Morgan fingerprint density at radius 1 is 1.53 bits per heavy atom. The molecule has 5 nitrogen and oxygen atoms in total. The normalized spacial score (nSPS) is 12.5. The molecule has 1 unspecified atom stereocenters. The number of aromatic nitrogens is 3. The molecule has 6 heteroatoms. The quantitative estimate of drug-likeness (QED) is 0.729. The van der Waals surface area contributed by atoms with Crippen LogP contribution in [-0.4, -0.2) is 38.8 Å². The average molecular weight is 257 g/mol. The Labute approximate surface area is 106 Å². The largest absolute Gasteiger partial charge is 0.460 e. The van der Waals surface area contributed by atoms with Crippen molar-refractivity contribution < 1.29 is 9.53 Å². The van der Waals surface area contributed by atoms with Gasteiger partial charge in [0.25, 0.3) is 0 Å². The van der Waals surface area contributed by atoms with Crippen LogP contribution in [-0.2, 0) is 11.3 Å². The number of aryl methyl sites for hydroxylation is 1. The van der Waals surface area contributed by atoms with Crippen LogP contribution in [0.3, 0.4) is 0 Å². The van der Waals surface area contributed by atoms with E-state index in [-0.39, 0.29) is 0 Å². The van der Waals surface area contributed by atoms with Crippen molar-refractivity contribution in [1.82, 2.24) is 14.8 Å². The molecular formula is C11H19N3O2S. The first-order valence-corrected chi connectivity index (χ1v) is 6.98. The summed E-state index contributed by atoms with van der Waals surface area (Å²) in [6.45, 7) is 6.89. The van der Waals surface area contributed by atoms with Crippen LogP contribution in [0.2, 0.25) is 0 Å². The van der Waals surface area contributed by atoms with Crippen LogP contribution >= 0.6 is 11.8 Å². The number of nitrogens with zero attached hydrogens (tertiary/aromatic N) is 3. The maximum atomic E-state index is 11.6. The molecule has 0 aliphatic heterocycles. The molecule has 0 N–H and O–H groups in total.